The van der Waals surface area contributed by atoms with Crippen LogP contribution < -0.4 is 0 Å². The third-order valence-corrected chi connectivity index (χ3v) is 3.93. The van der Waals surface area contributed by atoms with Crippen molar-refractivity contribution in [2.24, 2.45) is 23.2 Å². The maximum atomic E-state index is 2.42. The summed E-state index contributed by atoms with van der Waals surface area (Å²) >= 11 is 0. The fraction of sp³-hybridized carbons (Fsp3) is 1.00. The average Bonchev–Trinajstić information content (AvgIpc) is 2.01. The zero-order valence-corrected chi connectivity index (χ0v) is 10.6. The van der Waals surface area contributed by atoms with Crippen molar-refractivity contribution < 1.29 is 0 Å². The van der Waals surface area contributed by atoms with Crippen LogP contribution in [0, 0.1) is 23.2 Å². The van der Waals surface area contributed by atoms with Crippen LogP contribution in [0.2, 0.25) is 0 Å². The van der Waals surface area contributed by atoms with Gasteiger partial charge in [0.2, 0.25) is 0 Å². The standard InChI is InChI=1S/C13H28/c1-8-12(5)13(6,7)9-11(4)10(2)3/h10-12H,8-9H2,1-7H3. The highest BCUT2D eigenvalue weighted by Gasteiger charge is 2.27. The first-order valence-corrected chi connectivity index (χ1v) is 5.81. The molecule has 80 valence electrons. The van der Waals surface area contributed by atoms with E-state index in [2.05, 4.69) is 48.5 Å². The molecule has 0 bridgehead atoms. The molecule has 0 aromatic heterocycles. The van der Waals surface area contributed by atoms with Gasteiger partial charge in [0.25, 0.3) is 0 Å². The number of rotatable bonds is 5. The zero-order valence-electron chi connectivity index (χ0n) is 10.6. The molecule has 0 radical (unpaired) electrons. The molecule has 13 heavy (non-hydrogen) atoms. The molecule has 0 saturated heterocycles. The molecule has 0 N–H and O–H groups in total. The second-order valence-electron chi connectivity index (χ2n) is 5.72. The van der Waals surface area contributed by atoms with E-state index in [1.54, 1.807) is 0 Å². The fourth-order valence-electron chi connectivity index (χ4n) is 1.82. The smallest absolute Gasteiger partial charge is 0.0326 e. The first kappa shape index (κ1) is 13.0. The third-order valence-electron chi connectivity index (χ3n) is 3.93. The Hall–Kier alpha value is 0. The van der Waals surface area contributed by atoms with Crippen LogP contribution in [0.5, 0.6) is 0 Å². The van der Waals surface area contributed by atoms with Gasteiger partial charge < -0.3 is 0 Å². The molecule has 0 fully saturated rings. The minimum Gasteiger partial charge on any atom is -0.0651 e. The van der Waals surface area contributed by atoms with Crippen molar-refractivity contribution in [1.29, 1.82) is 0 Å². The molecule has 0 saturated carbocycles. The van der Waals surface area contributed by atoms with Gasteiger partial charge in [0.1, 0.15) is 0 Å². The molecular weight excluding hydrogens is 156 g/mol. The summed E-state index contributed by atoms with van der Waals surface area (Å²) in [6.45, 7) is 16.6. The zero-order chi connectivity index (χ0) is 10.6. The minimum atomic E-state index is 0.512. The van der Waals surface area contributed by atoms with Gasteiger partial charge in [0.15, 0.2) is 0 Å². The van der Waals surface area contributed by atoms with Crippen LogP contribution in [-0.4, -0.2) is 0 Å². The van der Waals surface area contributed by atoms with E-state index in [4.69, 9.17) is 0 Å². The molecule has 0 heterocycles. The molecule has 0 rings (SSSR count). The molecular formula is C13H28. The molecule has 0 aliphatic carbocycles. The van der Waals surface area contributed by atoms with Crippen LogP contribution in [-0.2, 0) is 0 Å². The van der Waals surface area contributed by atoms with Crippen LogP contribution in [0.15, 0.2) is 0 Å². The molecule has 2 unspecified atom stereocenters. The van der Waals surface area contributed by atoms with Gasteiger partial charge in [-0.2, -0.15) is 0 Å². The van der Waals surface area contributed by atoms with E-state index >= 15 is 0 Å². The minimum absolute atomic E-state index is 0.512. The van der Waals surface area contributed by atoms with Crippen LogP contribution in [0.4, 0.5) is 0 Å². The van der Waals surface area contributed by atoms with Crippen LogP contribution in [0.25, 0.3) is 0 Å². The van der Waals surface area contributed by atoms with E-state index in [1.165, 1.54) is 12.8 Å². The quantitative estimate of drug-likeness (QED) is 0.579. The highest BCUT2D eigenvalue weighted by molar-refractivity contribution is 4.77. The molecule has 0 nitrogen and oxygen atoms in total. The summed E-state index contributed by atoms with van der Waals surface area (Å²) in [6, 6.07) is 0. The van der Waals surface area contributed by atoms with Gasteiger partial charge in [-0.15, -0.1) is 0 Å². The Balaban J connectivity index is 4.15. The molecule has 0 heteroatoms. The predicted octanol–water partition coefficient (Wildman–Crippen LogP) is 4.74. The average molecular weight is 184 g/mol. The molecule has 0 aliphatic rings. The second kappa shape index (κ2) is 5.02. The number of hydrogen-bond acceptors (Lipinski definition) is 0. The summed E-state index contributed by atoms with van der Waals surface area (Å²) in [5, 5.41) is 0. The maximum absolute atomic E-state index is 2.42. The lowest BCUT2D eigenvalue weighted by atomic mass is 9.71. The molecule has 0 aromatic rings. The highest BCUT2D eigenvalue weighted by Crippen LogP contribution is 2.37. The van der Waals surface area contributed by atoms with E-state index in [9.17, 15) is 0 Å². The highest BCUT2D eigenvalue weighted by atomic mass is 14.3. The Labute approximate surface area is 85.1 Å². The summed E-state index contributed by atoms with van der Waals surface area (Å²) in [7, 11) is 0. The summed E-state index contributed by atoms with van der Waals surface area (Å²) in [5.74, 6) is 2.51. The molecule has 0 amide bonds. The lowest BCUT2D eigenvalue weighted by Gasteiger charge is -2.35. The van der Waals surface area contributed by atoms with Gasteiger partial charge in [-0.3, -0.25) is 0 Å². The summed E-state index contributed by atoms with van der Waals surface area (Å²) in [4.78, 5) is 0. The van der Waals surface area contributed by atoms with Gasteiger partial charge in [0.05, 0.1) is 0 Å². The van der Waals surface area contributed by atoms with Crippen LogP contribution >= 0.6 is 0 Å². The molecule has 2 atom stereocenters. The Morgan fingerprint density at radius 1 is 1.00 bits per heavy atom. The SMILES string of the molecule is CCC(C)C(C)(C)CC(C)C(C)C. The van der Waals surface area contributed by atoms with E-state index in [0.29, 0.717) is 5.41 Å². The van der Waals surface area contributed by atoms with Gasteiger partial charge >= 0.3 is 0 Å². The van der Waals surface area contributed by atoms with E-state index in [1.807, 2.05) is 0 Å². The maximum Gasteiger partial charge on any atom is -0.0326 e. The van der Waals surface area contributed by atoms with Crippen molar-refractivity contribution in [3.8, 4) is 0 Å². The molecule has 0 aromatic carbocycles. The lowest BCUT2D eigenvalue weighted by Crippen LogP contribution is -2.25. The monoisotopic (exact) mass is 184 g/mol. The second-order valence-corrected chi connectivity index (χ2v) is 5.72. The van der Waals surface area contributed by atoms with Gasteiger partial charge in [0, 0.05) is 0 Å². The van der Waals surface area contributed by atoms with E-state index in [0.717, 1.165) is 17.8 Å². The van der Waals surface area contributed by atoms with Gasteiger partial charge in [-0.25, -0.2) is 0 Å². The Morgan fingerprint density at radius 2 is 1.46 bits per heavy atom. The fourth-order valence-corrected chi connectivity index (χ4v) is 1.82. The van der Waals surface area contributed by atoms with Crippen LogP contribution in [0.3, 0.4) is 0 Å². The Morgan fingerprint density at radius 3 is 1.77 bits per heavy atom. The van der Waals surface area contributed by atoms with Crippen molar-refractivity contribution in [3.05, 3.63) is 0 Å². The van der Waals surface area contributed by atoms with Crippen LogP contribution in [0.1, 0.15) is 61.3 Å². The van der Waals surface area contributed by atoms with Crippen molar-refractivity contribution in [2.75, 3.05) is 0 Å². The van der Waals surface area contributed by atoms with Crippen molar-refractivity contribution >= 4 is 0 Å². The predicted molar refractivity (Wildman–Crippen MR) is 61.9 cm³/mol. The summed E-state index contributed by atoms with van der Waals surface area (Å²) in [5.41, 5.74) is 0.512. The van der Waals surface area contributed by atoms with E-state index < -0.39 is 0 Å². The molecule has 0 spiro atoms. The lowest BCUT2D eigenvalue weighted by molar-refractivity contribution is 0.156. The summed E-state index contributed by atoms with van der Waals surface area (Å²) < 4.78 is 0. The first-order valence-electron chi connectivity index (χ1n) is 5.81. The van der Waals surface area contributed by atoms with Gasteiger partial charge in [-0.1, -0.05) is 54.9 Å². The summed E-state index contributed by atoms with van der Waals surface area (Å²) in [6.07, 6.45) is 2.66. The topological polar surface area (TPSA) is 0 Å². The van der Waals surface area contributed by atoms with Crippen molar-refractivity contribution in [2.45, 2.75) is 61.3 Å². The van der Waals surface area contributed by atoms with E-state index in [-0.39, 0.29) is 0 Å². The molecule has 0 aliphatic heterocycles. The van der Waals surface area contributed by atoms with Crippen molar-refractivity contribution in [3.63, 3.8) is 0 Å². The largest absolute Gasteiger partial charge is 0.0651 e. The number of hydrogen-bond donors (Lipinski definition) is 0. The Bertz CT molecular complexity index is 133. The van der Waals surface area contributed by atoms with Crippen molar-refractivity contribution in [1.82, 2.24) is 0 Å². The normalized spacial score (nSPS) is 17.5. The van der Waals surface area contributed by atoms with Gasteiger partial charge in [-0.05, 0) is 29.6 Å². The third kappa shape index (κ3) is 4.15. The Kier molecular flexibility index (Phi) is 5.02. The first-order chi connectivity index (χ1) is 5.81.